The minimum Gasteiger partial charge on any atom is -0.414 e. The average Bonchev–Trinajstić information content (AvgIpc) is 2.57. The van der Waals surface area contributed by atoms with E-state index in [9.17, 15) is 0 Å². The highest BCUT2D eigenvalue weighted by atomic mass is 127. The van der Waals surface area contributed by atoms with Crippen molar-refractivity contribution in [3.63, 3.8) is 0 Å². The summed E-state index contributed by atoms with van der Waals surface area (Å²) in [7, 11) is -4.15. The van der Waals surface area contributed by atoms with Gasteiger partial charge in [-0.05, 0) is 58.9 Å². The predicted molar refractivity (Wildman–Crippen MR) is 118 cm³/mol. The Kier molecular flexibility index (Phi) is 7.38. The molecule has 0 aliphatic carbocycles. The highest BCUT2D eigenvalue weighted by Gasteiger charge is 2.59. The first kappa shape index (κ1) is 24.3. The first-order valence-electron chi connectivity index (χ1n) is 8.82. The summed E-state index contributed by atoms with van der Waals surface area (Å²) >= 11 is 8.15. The lowest BCUT2D eigenvalue weighted by Gasteiger charge is -2.41. The van der Waals surface area contributed by atoms with Gasteiger partial charge in [0.2, 0.25) is 5.13 Å². The van der Waals surface area contributed by atoms with Crippen LogP contribution in [0.2, 0.25) is 36.3 Å². The van der Waals surface area contributed by atoms with Crippen molar-refractivity contribution in [2.45, 2.75) is 99.3 Å². The van der Waals surface area contributed by atoms with Gasteiger partial charge in [-0.25, -0.2) is 4.39 Å². The van der Waals surface area contributed by atoms with Crippen molar-refractivity contribution in [2.75, 3.05) is 6.61 Å². The van der Waals surface area contributed by atoms with Crippen LogP contribution < -0.4 is 0 Å². The minimum atomic E-state index is -2.19. The molecule has 0 amide bonds. The highest BCUT2D eigenvalue weighted by Crippen LogP contribution is 2.48. The third kappa shape index (κ3) is 5.41. The number of halogens is 3. The van der Waals surface area contributed by atoms with Crippen LogP contribution in [0.5, 0.6) is 0 Å². The van der Waals surface area contributed by atoms with E-state index in [0.29, 0.717) is 6.61 Å². The van der Waals surface area contributed by atoms with Crippen LogP contribution in [0.1, 0.15) is 41.5 Å². The third-order valence-corrected chi connectivity index (χ3v) is 16.9. The van der Waals surface area contributed by atoms with E-state index in [1.807, 2.05) is 22.6 Å². The van der Waals surface area contributed by atoms with Gasteiger partial charge in [-0.3, -0.25) is 0 Å². The molecule has 25 heavy (non-hydrogen) atoms. The fraction of sp³-hybridized carbons (Fsp3) is 1.00. The van der Waals surface area contributed by atoms with Crippen molar-refractivity contribution in [3.05, 3.63) is 0 Å². The van der Waals surface area contributed by atoms with Gasteiger partial charge in [0.15, 0.2) is 20.7 Å². The molecule has 0 aromatic rings. The van der Waals surface area contributed by atoms with Crippen LogP contribution in [0.15, 0.2) is 0 Å². The molecule has 150 valence electrons. The first-order valence-corrected chi connectivity index (χ1v) is 16.3. The zero-order chi connectivity index (χ0) is 20.1. The monoisotopic (exact) mass is 524 g/mol. The maximum atomic E-state index is 15.2. The van der Waals surface area contributed by atoms with Gasteiger partial charge in [-0.2, -0.15) is 0 Å². The maximum Gasteiger partial charge on any atom is 0.245 e. The molecular formula is C17H35ClFIO3Si2. The molecule has 4 atom stereocenters. The molecule has 1 fully saturated rings. The Labute approximate surface area is 174 Å². The normalized spacial score (nSPS) is 32.3. The summed E-state index contributed by atoms with van der Waals surface area (Å²) in [5.74, 6) is 0. The van der Waals surface area contributed by atoms with Gasteiger partial charge in [0.25, 0.3) is 0 Å². The molecule has 0 aromatic carbocycles. The fourth-order valence-electron chi connectivity index (χ4n) is 1.97. The molecule has 1 heterocycles. The smallest absolute Gasteiger partial charge is 0.245 e. The molecular weight excluding hydrogens is 490 g/mol. The lowest BCUT2D eigenvalue weighted by atomic mass is 10.2. The summed E-state index contributed by atoms with van der Waals surface area (Å²) in [6, 6.07) is 0. The summed E-state index contributed by atoms with van der Waals surface area (Å²) in [4.78, 5) is 0. The summed E-state index contributed by atoms with van der Waals surface area (Å²) in [6.45, 7) is 21.8. The summed E-state index contributed by atoms with van der Waals surface area (Å²) in [6.07, 6.45) is -1.31. The Bertz CT molecular complexity index is 475. The lowest BCUT2D eigenvalue weighted by Crippen LogP contribution is -2.52. The van der Waals surface area contributed by atoms with Crippen LogP contribution in [0.25, 0.3) is 0 Å². The van der Waals surface area contributed by atoms with Crippen molar-refractivity contribution in [2.24, 2.45) is 0 Å². The average molecular weight is 525 g/mol. The Morgan fingerprint density at radius 2 is 1.48 bits per heavy atom. The molecule has 1 saturated heterocycles. The van der Waals surface area contributed by atoms with Crippen LogP contribution in [0, 0.1) is 0 Å². The standard InChI is InChI=1S/C17H35ClFIO3Si2/c1-15(2,3)24(7,8)21-11-12-13(17(18,19)14(20)22-12)23-25(9,10)16(4,5)6/h12-14H,11H2,1-10H3/t12-,13-,14?,17-/m1/s1. The number of hydrogen-bond acceptors (Lipinski definition) is 3. The van der Waals surface area contributed by atoms with Gasteiger partial charge >= 0.3 is 0 Å². The predicted octanol–water partition coefficient (Wildman–Crippen LogP) is 6.46. The van der Waals surface area contributed by atoms with Crippen molar-refractivity contribution < 1.29 is 18.0 Å². The third-order valence-electron chi connectivity index (χ3n) is 5.96. The second-order valence-corrected chi connectivity index (χ2v) is 21.3. The molecule has 1 aliphatic heterocycles. The molecule has 0 radical (unpaired) electrons. The maximum absolute atomic E-state index is 15.2. The quantitative estimate of drug-likeness (QED) is 0.234. The van der Waals surface area contributed by atoms with E-state index in [4.69, 9.17) is 25.2 Å². The Hall–Kier alpha value is 1.26. The van der Waals surface area contributed by atoms with Crippen molar-refractivity contribution in [1.29, 1.82) is 0 Å². The molecule has 1 rings (SSSR count). The first-order chi connectivity index (χ1) is 10.8. The van der Waals surface area contributed by atoms with Gasteiger partial charge < -0.3 is 13.6 Å². The van der Waals surface area contributed by atoms with E-state index in [2.05, 4.69) is 67.7 Å². The van der Waals surface area contributed by atoms with Gasteiger partial charge in [0.05, 0.1) is 6.61 Å². The van der Waals surface area contributed by atoms with Crippen molar-refractivity contribution >= 4 is 50.8 Å². The van der Waals surface area contributed by atoms with E-state index < -0.39 is 38.1 Å². The Balaban J connectivity index is 2.98. The van der Waals surface area contributed by atoms with E-state index in [1.165, 1.54) is 0 Å². The molecule has 0 spiro atoms. The number of rotatable bonds is 5. The van der Waals surface area contributed by atoms with Crippen molar-refractivity contribution in [3.8, 4) is 0 Å². The summed E-state index contributed by atoms with van der Waals surface area (Å²) in [5, 5.41) is -2.00. The van der Waals surface area contributed by atoms with Gasteiger partial charge in [0.1, 0.15) is 12.2 Å². The highest BCUT2D eigenvalue weighted by molar-refractivity contribution is 14.1. The molecule has 0 N–H and O–H groups in total. The van der Waals surface area contributed by atoms with Crippen LogP contribution in [0.4, 0.5) is 4.39 Å². The van der Waals surface area contributed by atoms with E-state index in [0.717, 1.165) is 0 Å². The van der Waals surface area contributed by atoms with Crippen LogP contribution in [0.3, 0.4) is 0 Å². The summed E-state index contributed by atoms with van der Waals surface area (Å²) < 4.78 is 32.9. The molecule has 0 bridgehead atoms. The van der Waals surface area contributed by atoms with E-state index in [1.54, 1.807) is 0 Å². The Morgan fingerprint density at radius 1 is 1.04 bits per heavy atom. The Morgan fingerprint density at radius 3 is 1.88 bits per heavy atom. The molecule has 1 unspecified atom stereocenters. The number of alkyl halides is 3. The lowest BCUT2D eigenvalue weighted by molar-refractivity contribution is 0.00458. The SMILES string of the molecule is CC(C)(C)[Si](C)(C)OC[C@H]1OC(I)[C@@](F)(Cl)[C@@H]1O[Si](C)(C)C(C)(C)C. The zero-order valence-electron chi connectivity index (χ0n) is 17.3. The topological polar surface area (TPSA) is 27.7 Å². The van der Waals surface area contributed by atoms with Crippen LogP contribution >= 0.6 is 34.2 Å². The molecule has 1 aliphatic rings. The van der Waals surface area contributed by atoms with Crippen LogP contribution in [-0.2, 0) is 13.6 Å². The second kappa shape index (κ2) is 7.59. The summed E-state index contributed by atoms with van der Waals surface area (Å²) in [5.41, 5.74) is 0. The molecule has 0 saturated carbocycles. The largest absolute Gasteiger partial charge is 0.414 e. The van der Waals surface area contributed by atoms with E-state index >= 15 is 4.39 Å². The zero-order valence-corrected chi connectivity index (χ0v) is 22.2. The number of ether oxygens (including phenoxy) is 1. The molecule has 8 heteroatoms. The van der Waals surface area contributed by atoms with Gasteiger partial charge in [-0.15, -0.1) is 0 Å². The van der Waals surface area contributed by atoms with E-state index in [-0.39, 0.29) is 10.1 Å². The minimum absolute atomic E-state index is 0.0336. The van der Waals surface area contributed by atoms with Gasteiger partial charge in [-0.1, -0.05) is 53.1 Å². The molecule has 3 nitrogen and oxygen atoms in total. The van der Waals surface area contributed by atoms with Crippen molar-refractivity contribution in [1.82, 2.24) is 0 Å². The molecule has 0 aromatic heterocycles. The second-order valence-electron chi connectivity index (χ2n) is 10.0. The fourth-order valence-corrected chi connectivity index (χ4v) is 5.34. The number of hydrogen-bond donors (Lipinski definition) is 0. The van der Waals surface area contributed by atoms with Gasteiger partial charge in [0, 0.05) is 0 Å². The van der Waals surface area contributed by atoms with Crippen LogP contribution in [-0.4, -0.2) is 44.7 Å².